The highest BCUT2D eigenvalue weighted by Gasteiger charge is 2.07. The zero-order chi connectivity index (χ0) is 13.8. The van der Waals surface area contributed by atoms with Crippen molar-refractivity contribution in [3.63, 3.8) is 0 Å². The number of benzene rings is 1. The van der Waals surface area contributed by atoms with E-state index >= 15 is 0 Å². The lowest BCUT2D eigenvalue weighted by molar-refractivity contribution is 0.0963. The zero-order valence-corrected chi connectivity index (χ0v) is 11.2. The van der Waals surface area contributed by atoms with E-state index in [1.54, 1.807) is 19.2 Å². The van der Waals surface area contributed by atoms with Crippen LogP contribution in [0, 0.1) is 6.92 Å². The Bertz CT molecular complexity index is 617. The number of aromatic nitrogens is 3. The van der Waals surface area contributed by atoms with Crippen LogP contribution in [0.3, 0.4) is 0 Å². The summed E-state index contributed by atoms with van der Waals surface area (Å²) < 4.78 is 0. The molecule has 98 valence electrons. The number of nitrogens with one attached hydrogen (secondary N) is 2. The predicted octanol–water partition coefficient (Wildman–Crippen LogP) is 1.94. The number of anilines is 2. The maximum absolute atomic E-state index is 11.6. The van der Waals surface area contributed by atoms with Gasteiger partial charge in [-0.2, -0.15) is 4.98 Å². The van der Waals surface area contributed by atoms with Crippen LogP contribution in [-0.2, 0) is 0 Å². The molecule has 2 N–H and O–H groups in total. The number of halogens is 1. The third-order valence-corrected chi connectivity index (χ3v) is 2.70. The minimum Gasteiger partial charge on any atom is -0.355 e. The lowest BCUT2D eigenvalue weighted by Gasteiger charge is -2.09. The highest BCUT2D eigenvalue weighted by Crippen LogP contribution is 2.20. The highest BCUT2D eigenvalue weighted by molar-refractivity contribution is 6.28. The van der Waals surface area contributed by atoms with Gasteiger partial charge in [-0.05, 0) is 36.2 Å². The second-order valence-electron chi connectivity index (χ2n) is 3.81. The second kappa shape index (κ2) is 5.62. The van der Waals surface area contributed by atoms with Gasteiger partial charge in [0.15, 0.2) is 0 Å². The van der Waals surface area contributed by atoms with Gasteiger partial charge in [-0.1, -0.05) is 6.07 Å². The SMILES string of the molecule is CNC(=O)c1ccc(C)c(Nc2ncnc(Cl)n2)c1. The van der Waals surface area contributed by atoms with E-state index in [1.165, 1.54) is 6.33 Å². The first kappa shape index (κ1) is 13.2. The molecule has 0 radical (unpaired) electrons. The first-order valence-electron chi connectivity index (χ1n) is 5.54. The minimum atomic E-state index is -0.156. The van der Waals surface area contributed by atoms with Crippen molar-refractivity contribution < 1.29 is 4.79 Å². The number of nitrogens with zero attached hydrogens (tertiary/aromatic N) is 3. The van der Waals surface area contributed by atoms with Crippen LogP contribution in [0.1, 0.15) is 15.9 Å². The molecule has 1 amide bonds. The number of carbonyl (C=O) groups is 1. The third kappa shape index (κ3) is 3.17. The Morgan fingerprint density at radius 2 is 2.11 bits per heavy atom. The maximum Gasteiger partial charge on any atom is 0.251 e. The standard InChI is InChI=1S/C12H12ClN5O/c1-7-3-4-8(10(19)14-2)5-9(7)17-12-16-6-15-11(13)18-12/h3-6H,1-2H3,(H,14,19)(H,15,16,17,18). The van der Waals surface area contributed by atoms with Gasteiger partial charge in [-0.25, -0.2) is 9.97 Å². The number of hydrogen-bond acceptors (Lipinski definition) is 5. The molecule has 0 aliphatic rings. The molecule has 6 nitrogen and oxygen atoms in total. The van der Waals surface area contributed by atoms with Crippen molar-refractivity contribution in [2.24, 2.45) is 0 Å². The van der Waals surface area contributed by atoms with Crippen LogP contribution in [0.25, 0.3) is 0 Å². The van der Waals surface area contributed by atoms with Crippen molar-refractivity contribution in [1.29, 1.82) is 0 Å². The molecule has 19 heavy (non-hydrogen) atoms. The number of amides is 1. The van der Waals surface area contributed by atoms with Crippen LogP contribution in [-0.4, -0.2) is 27.9 Å². The molecule has 1 heterocycles. The summed E-state index contributed by atoms with van der Waals surface area (Å²) in [5.74, 6) is 0.175. The van der Waals surface area contributed by atoms with Gasteiger partial charge in [0, 0.05) is 18.3 Å². The molecule has 0 atom stereocenters. The van der Waals surface area contributed by atoms with E-state index in [4.69, 9.17) is 11.6 Å². The van der Waals surface area contributed by atoms with E-state index in [0.29, 0.717) is 11.5 Å². The Balaban J connectivity index is 2.31. The predicted molar refractivity (Wildman–Crippen MR) is 72.7 cm³/mol. The van der Waals surface area contributed by atoms with Crippen molar-refractivity contribution in [2.45, 2.75) is 6.92 Å². The molecule has 0 saturated carbocycles. The molecular formula is C12H12ClN5O. The van der Waals surface area contributed by atoms with E-state index in [0.717, 1.165) is 11.3 Å². The number of rotatable bonds is 3. The van der Waals surface area contributed by atoms with Gasteiger partial charge in [0.25, 0.3) is 5.91 Å². The quantitative estimate of drug-likeness (QED) is 0.896. The van der Waals surface area contributed by atoms with Crippen LogP contribution < -0.4 is 10.6 Å². The van der Waals surface area contributed by atoms with E-state index < -0.39 is 0 Å². The van der Waals surface area contributed by atoms with Crippen LogP contribution >= 0.6 is 11.6 Å². The van der Waals surface area contributed by atoms with Crippen molar-refractivity contribution in [3.05, 3.63) is 40.9 Å². The van der Waals surface area contributed by atoms with E-state index in [-0.39, 0.29) is 11.2 Å². The summed E-state index contributed by atoms with van der Waals surface area (Å²) in [5.41, 5.74) is 2.25. The smallest absolute Gasteiger partial charge is 0.251 e. The van der Waals surface area contributed by atoms with Gasteiger partial charge in [0.05, 0.1) is 0 Å². The van der Waals surface area contributed by atoms with Gasteiger partial charge < -0.3 is 10.6 Å². The molecule has 0 bridgehead atoms. The van der Waals surface area contributed by atoms with Crippen LogP contribution in [0.5, 0.6) is 0 Å². The monoisotopic (exact) mass is 277 g/mol. The fourth-order valence-electron chi connectivity index (χ4n) is 1.50. The van der Waals surface area contributed by atoms with Crippen molar-refractivity contribution >= 4 is 29.1 Å². The summed E-state index contributed by atoms with van der Waals surface area (Å²) in [6.07, 6.45) is 1.32. The van der Waals surface area contributed by atoms with Crippen molar-refractivity contribution in [3.8, 4) is 0 Å². The first-order valence-corrected chi connectivity index (χ1v) is 5.92. The summed E-state index contributed by atoms with van der Waals surface area (Å²) in [6.45, 7) is 1.92. The summed E-state index contributed by atoms with van der Waals surface area (Å²) in [7, 11) is 1.58. The van der Waals surface area contributed by atoms with Crippen LogP contribution in [0.4, 0.5) is 11.6 Å². The molecule has 2 rings (SSSR count). The Hall–Kier alpha value is -2.21. The maximum atomic E-state index is 11.6. The Morgan fingerprint density at radius 1 is 1.32 bits per heavy atom. The Labute approximate surface area is 115 Å². The molecule has 7 heteroatoms. The molecule has 1 aromatic heterocycles. The summed E-state index contributed by atoms with van der Waals surface area (Å²) in [5, 5.41) is 5.69. The van der Waals surface area contributed by atoms with Crippen molar-refractivity contribution in [1.82, 2.24) is 20.3 Å². The third-order valence-electron chi connectivity index (χ3n) is 2.52. The van der Waals surface area contributed by atoms with Gasteiger partial charge in [0.1, 0.15) is 6.33 Å². The molecule has 0 aliphatic carbocycles. The number of carbonyl (C=O) groups excluding carboxylic acids is 1. The fourth-order valence-corrected chi connectivity index (χ4v) is 1.62. The average Bonchev–Trinajstić information content (AvgIpc) is 2.40. The van der Waals surface area contributed by atoms with Gasteiger partial charge in [0.2, 0.25) is 11.2 Å². The van der Waals surface area contributed by atoms with Crippen molar-refractivity contribution in [2.75, 3.05) is 12.4 Å². The van der Waals surface area contributed by atoms with E-state index in [1.807, 2.05) is 13.0 Å². The molecule has 0 fully saturated rings. The molecule has 1 aromatic carbocycles. The number of hydrogen-bond donors (Lipinski definition) is 2. The molecular weight excluding hydrogens is 266 g/mol. The highest BCUT2D eigenvalue weighted by atomic mass is 35.5. The lowest BCUT2D eigenvalue weighted by Crippen LogP contribution is -2.17. The van der Waals surface area contributed by atoms with Gasteiger partial charge in [-0.15, -0.1) is 0 Å². The average molecular weight is 278 g/mol. The Morgan fingerprint density at radius 3 is 2.79 bits per heavy atom. The fraction of sp³-hybridized carbons (Fsp3) is 0.167. The summed E-state index contributed by atoms with van der Waals surface area (Å²) in [6, 6.07) is 5.32. The van der Waals surface area contributed by atoms with E-state index in [9.17, 15) is 4.79 Å². The normalized spacial score (nSPS) is 10.1. The lowest BCUT2D eigenvalue weighted by atomic mass is 10.1. The molecule has 2 aromatic rings. The molecule has 0 spiro atoms. The zero-order valence-electron chi connectivity index (χ0n) is 10.4. The Kier molecular flexibility index (Phi) is 3.91. The topological polar surface area (TPSA) is 79.8 Å². The molecule has 0 saturated heterocycles. The summed E-state index contributed by atoms with van der Waals surface area (Å²) >= 11 is 5.69. The number of aryl methyl sites for hydroxylation is 1. The van der Waals surface area contributed by atoms with Crippen LogP contribution in [0.15, 0.2) is 24.5 Å². The molecule has 0 unspecified atom stereocenters. The summed E-state index contributed by atoms with van der Waals surface area (Å²) in [4.78, 5) is 23.2. The largest absolute Gasteiger partial charge is 0.355 e. The van der Waals surface area contributed by atoms with E-state index in [2.05, 4.69) is 25.6 Å². The van der Waals surface area contributed by atoms with Gasteiger partial charge >= 0.3 is 0 Å². The first-order chi connectivity index (χ1) is 9.10. The van der Waals surface area contributed by atoms with Crippen LogP contribution in [0.2, 0.25) is 5.28 Å². The molecule has 0 aliphatic heterocycles. The van der Waals surface area contributed by atoms with Gasteiger partial charge in [-0.3, -0.25) is 4.79 Å². The second-order valence-corrected chi connectivity index (χ2v) is 4.15. The minimum absolute atomic E-state index is 0.109.